The molecule has 0 saturated carbocycles. The van der Waals surface area contributed by atoms with Gasteiger partial charge in [-0.15, -0.1) is 11.3 Å². The molecule has 0 aliphatic carbocycles. The van der Waals surface area contributed by atoms with Crippen LogP contribution < -0.4 is 5.32 Å². The summed E-state index contributed by atoms with van der Waals surface area (Å²) in [5.74, 6) is -2.03. The number of imidazole rings is 1. The van der Waals surface area contributed by atoms with Crippen LogP contribution in [0.5, 0.6) is 0 Å². The fourth-order valence-corrected chi connectivity index (χ4v) is 5.01. The summed E-state index contributed by atoms with van der Waals surface area (Å²) >= 11 is 0.893. The molecule has 0 aliphatic rings. The number of aromatic nitrogens is 2. The first-order chi connectivity index (χ1) is 19.1. The summed E-state index contributed by atoms with van der Waals surface area (Å²) in [5, 5.41) is 2.70. The van der Waals surface area contributed by atoms with E-state index in [-0.39, 0.29) is 34.2 Å². The molecule has 10 nitrogen and oxygen atoms in total. The number of aryl methyl sites for hydroxylation is 1. The molecule has 40 heavy (non-hydrogen) atoms. The van der Waals surface area contributed by atoms with E-state index in [1.165, 1.54) is 6.92 Å². The first kappa shape index (κ1) is 28.5. The third-order valence-corrected chi connectivity index (χ3v) is 7.21. The number of amides is 1. The van der Waals surface area contributed by atoms with Crippen molar-refractivity contribution in [2.24, 2.45) is 0 Å². The molecular formula is C29H29N3O7S. The van der Waals surface area contributed by atoms with Crippen molar-refractivity contribution in [2.45, 2.75) is 40.7 Å². The van der Waals surface area contributed by atoms with E-state index in [9.17, 15) is 19.2 Å². The van der Waals surface area contributed by atoms with Crippen molar-refractivity contribution >= 4 is 51.2 Å². The molecule has 0 saturated heterocycles. The number of anilines is 1. The third-order valence-electron chi connectivity index (χ3n) is 6.02. The predicted octanol–water partition coefficient (Wildman–Crippen LogP) is 5.45. The monoisotopic (exact) mass is 563 g/mol. The van der Waals surface area contributed by atoms with E-state index in [4.69, 9.17) is 14.2 Å². The molecule has 0 radical (unpaired) electrons. The van der Waals surface area contributed by atoms with Crippen LogP contribution in [0.4, 0.5) is 5.00 Å². The first-order valence-electron chi connectivity index (χ1n) is 12.7. The van der Waals surface area contributed by atoms with Gasteiger partial charge in [-0.3, -0.25) is 4.79 Å². The number of fused-ring (bicyclic) bond motifs is 1. The molecule has 2 aromatic heterocycles. The molecule has 1 amide bonds. The van der Waals surface area contributed by atoms with Gasteiger partial charge in [-0.1, -0.05) is 29.8 Å². The van der Waals surface area contributed by atoms with Crippen LogP contribution in [-0.2, 0) is 19.0 Å². The summed E-state index contributed by atoms with van der Waals surface area (Å²) < 4.78 is 15.6. The lowest BCUT2D eigenvalue weighted by Gasteiger charge is -2.14. The lowest BCUT2D eigenvalue weighted by atomic mass is 10.1. The van der Waals surface area contributed by atoms with E-state index in [1.807, 2.05) is 31.2 Å². The van der Waals surface area contributed by atoms with E-state index in [0.717, 1.165) is 22.5 Å². The lowest BCUT2D eigenvalue weighted by Crippen LogP contribution is -2.30. The van der Waals surface area contributed by atoms with Crippen LogP contribution in [0.3, 0.4) is 0 Å². The van der Waals surface area contributed by atoms with Crippen molar-refractivity contribution in [1.29, 1.82) is 0 Å². The molecule has 0 aliphatic heterocycles. The Morgan fingerprint density at radius 2 is 1.62 bits per heavy atom. The van der Waals surface area contributed by atoms with Crippen LogP contribution in [0, 0.1) is 13.8 Å². The number of thiophene rings is 1. The smallest absolute Gasteiger partial charge is 0.348 e. The molecular weight excluding hydrogens is 534 g/mol. The Kier molecular flexibility index (Phi) is 8.64. The van der Waals surface area contributed by atoms with Crippen LogP contribution in [0.25, 0.3) is 22.4 Å². The summed E-state index contributed by atoms with van der Waals surface area (Å²) in [6, 6.07) is 12.8. The van der Waals surface area contributed by atoms with Crippen LogP contribution in [0.1, 0.15) is 62.3 Å². The number of aromatic amines is 1. The summed E-state index contributed by atoms with van der Waals surface area (Å²) in [5.41, 5.74) is 3.98. The van der Waals surface area contributed by atoms with E-state index in [2.05, 4.69) is 15.3 Å². The number of benzene rings is 2. The van der Waals surface area contributed by atoms with E-state index < -0.39 is 29.9 Å². The van der Waals surface area contributed by atoms with Gasteiger partial charge in [-0.2, -0.15) is 0 Å². The summed E-state index contributed by atoms with van der Waals surface area (Å²) in [4.78, 5) is 58.8. The number of hydrogen-bond donors (Lipinski definition) is 2. The molecule has 2 aromatic carbocycles. The Morgan fingerprint density at radius 1 is 0.950 bits per heavy atom. The Bertz CT molecular complexity index is 1590. The fraction of sp³-hybridized carbons (Fsp3) is 0.276. The van der Waals surface area contributed by atoms with Crippen molar-refractivity contribution in [1.82, 2.24) is 9.97 Å². The SMILES string of the molecule is CCOC(=O)c1sc(NC(=O)C(C)OC(=O)c2ccc3nc(-c4ccc(C)cc4)[nH]c3c2)c(C(=O)OCC)c1C. The average Bonchev–Trinajstić information content (AvgIpc) is 3.49. The second kappa shape index (κ2) is 12.1. The zero-order valence-corrected chi connectivity index (χ0v) is 23.6. The van der Waals surface area contributed by atoms with Gasteiger partial charge < -0.3 is 24.5 Å². The molecule has 2 N–H and O–H groups in total. The van der Waals surface area contributed by atoms with E-state index in [0.29, 0.717) is 22.4 Å². The third kappa shape index (κ3) is 6.04. The van der Waals surface area contributed by atoms with Crippen LogP contribution in [0.2, 0.25) is 0 Å². The molecule has 0 spiro atoms. The van der Waals surface area contributed by atoms with Crippen molar-refractivity contribution < 1.29 is 33.4 Å². The quantitative estimate of drug-likeness (QED) is 0.203. The molecule has 1 atom stereocenters. The highest BCUT2D eigenvalue weighted by Gasteiger charge is 2.29. The van der Waals surface area contributed by atoms with Gasteiger partial charge in [-0.25, -0.2) is 19.4 Å². The Labute approximate surface area is 234 Å². The van der Waals surface area contributed by atoms with Gasteiger partial charge in [0.25, 0.3) is 5.91 Å². The van der Waals surface area contributed by atoms with Gasteiger partial charge in [0.1, 0.15) is 15.7 Å². The number of nitrogens with one attached hydrogen (secondary N) is 2. The fourth-order valence-electron chi connectivity index (χ4n) is 3.92. The molecule has 1 unspecified atom stereocenters. The second-order valence-corrected chi connectivity index (χ2v) is 9.94. The molecule has 208 valence electrons. The summed E-state index contributed by atoms with van der Waals surface area (Å²) in [6.45, 7) is 8.56. The Morgan fingerprint density at radius 3 is 2.30 bits per heavy atom. The average molecular weight is 564 g/mol. The van der Waals surface area contributed by atoms with Crippen molar-refractivity contribution in [3.8, 4) is 11.4 Å². The molecule has 0 bridgehead atoms. The zero-order chi connectivity index (χ0) is 29.0. The zero-order valence-electron chi connectivity index (χ0n) is 22.7. The van der Waals surface area contributed by atoms with Crippen molar-refractivity contribution in [2.75, 3.05) is 18.5 Å². The minimum absolute atomic E-state index is 0.0517. The number of H-pyrrole nitrogens is 1. The van der Waals surface area contributed by atoms with E-state index >= 15 is 0 Å². The standard InChI is InChI=1S/C29H29N3O7S/c1-6-37-28(35)22-16(4)23(29(36)38-7-2)40-26(22)32-25(33)17(5)39-27(34)19-12-13-20-21(14-19)31-24(30-20)18-10-8-15(3)9-11-18/h8-14,17H,6-7H2,1-5H3,(H,30,31)(H,32,33). The summed E-state index contributed by atoms with van der Waals surface area (Å²) in [6.07, 6.45) is -1.21. The number of rotatable bonds is 9. The topological polar surface area (TPSA) is 137 Å². The van der Waals surface area contributed by atoms with Crippen molar-refractivity contribution in [3.05, 3.63) is 69.6 Å². The number of hydrogen-bond acceptors (Lipinski definition) is 9. The Hall–Kier alpha value is -4.51. The van der Waals surface area contributed by atoms with Crippen LogP contribution >= 0.6 is 11.3 Å². The largest absolute Gasteiger partial charge is 0.462 e. The molecule has 0 fully saturated rings. The van der Waals surface area contributed by atoms with Gasteiger partial charge in [0.15, 0.2) is 6.10 Å². The highest BCUT2D eigenvalue weighted by atomic mass is 32.1. The molecule has 11 heteroatoms. The maximum Gasteiger partial charge on any atom is 0.348 e. The van der Waals surface area contributed by atoms with Crippen LogP contribution in [0.15, 0.2) is 42.5 Å². The number of ether oxygens (including phenoxy) is 3. The maximum atomic E-state index is 13.0. The van der Waals surface area contributed by atoms with Gasteiger partial charge in [0, 0.05) is 5.56 Å². The Balaban J connectivity index is 1.50. The van der Waals surface area contributed by atoms with Gasteiger partial charge in [0.05, 0.1) is 35.4 Å². The second-order valence-electron chi connectivity index (χ2n) is 8.92. The van der Waals surface area contributed by atoms with Crippen molar-refractivity contribution in [3.63, 3.8) is 0 Å². The highest BCUT2D eigenvalue weighted by molar-refractivity contribution is 7.18. The maximum absolute atomic E-state index is 13.0. The number of carbonyl (C=O) groups is 4. The first-order valence-corrected chi connectivity index (χ1v) is 13.5. The number of nitrogens with zero attached hydrogens (tertiary/aromatic N) is 1. The highest BCUT2D eigenvalue weighted by Crippen LogP contribution is 2.34. The number of carbonyl (C=O) groups excluding carboxylic acids is 4. The predicted molar refractivity (Wildman–Crippen MR) is 151 cm³/mol. The number of esters is 3. The van der Waals surface area contributed by atoms with Crippen LogP contribution in [-0.4, -0.2) is 53.1 Å². The summed E-state index contributed by atoms with van der Waals surface area (Å²) in [7, 11) is 0. The van der Waals surface area contributed by atoms with Gasteiger partial charge in [0.2, 0.25) is 0 Å². The van der Waals surface area contributed by atoms with Gasteiger partial charge >= 0.3 is 17.9 Å². The normalized spacial score (nSPS) is 11.6. The van der Waals surface area contributed by atoms with Gasteiger partial charge in [-0.05, 0) is 58.4 Å². The minimum atomic E-state index is -1.21. The molecule has 4 aromatic rings. The molecule has 2 heterocycles. The minimum Gasteiger partial charge on any atom is -0.462 e. The molecule has 4 rings (SSSR count). The lowest BCUT2D eigenvalue weighted by molar-refractivity contribution is -0.123. The van der Waals surface area contributed by atoms with E-state index in [1.54, 1.807) is 39.0 Å².